The first-order valence-electron chi connectivity index (χ1n) is 7.00. The summed E-state index contributed by atoms with van der Waals surface area (Å²) in [6, 6.07) is 20.7. The minimum absolute atomic E-state index is 0.861. The van der Waals surface area contributed by atoms with Crippen molar-refractivity contribution >= 4 is 33.3 Å². The van der Waals surface area contributed by atoms with Crippen molar-refractivity contribution in [3.8, 4) is 0 Å². The zero-order valence-corrected chi connectivity index (χ0v) is 11.7. The molecule has 0 aliphatic rings. The Kier molecular flexibility index (Phi) is 2.64. The maximum atomic E-state index is 4.64. The maximum absolute atomic E-state index is 4.64. The molecular weight excluding hydrogens is 258 g/mol. The van der Waals surface area contributed by atoms with Gasteiger partial charge in [0.15, 0.2) is 0 Å². The normalized spacial score (nSPS) is 11.1. The van der Waals surface area contributed by atoms with Crippen LogP contribution in [0.15, 0.2) is 60.7 Å². The molecule has 2 N–H and O–H groups in total. The minimum atomic E-state index is 0.861. The molecule has 0 atom stereocenters. The summed E-state index contributed by atoms with van der Waals surface area (Å²) in [6.45, 7) is 2.07. The number of rotatable bonds is 2. The molecule has 3 nitrogen and oxygen atoms in total. The smallest absolute Gasteiger partial charge is 0.131 e. The number of aromatic nitrogens is 2. The third-order valence-corrected chi connectivity index (χ3v) is 3.63. The minimum Gasteiger partial charge on any atom is -0.359 e. The van der Waals surface area contributed by atoms with Gasteiger partial charge in [-0.3, -0.25) is 0 Å². The van der Waals surface area contributed by atoms with E-state index in [-0.39, 0.29) is 0 Å². The molecule has 2 aromatic heterocycles. The van der Waals surface area contributed by atoms with Crippen molar-refractivity contribution in [3.05, 3.63) is 66.4 Å². The Morgan fingerprint density at radius 2 is 1.81 bits per heavy atom. The molecule has 4 rings (SSSR count). The van der Waals surface area contributed by atoms with Crippen molar-refractivity contribution in [3.63, 3.8) is 0 Å². The molecule has 2 heterocycles. The number of benzene rings is 2. The summed E-state index contributed by atoms with van der Waals surface area (Å²) in [5.41, 5.74) is 4.38. The van der Waals surface area contributed by atoms with Gasteiger partial charge >= 0.3 is 0 Å². The quantitative estimate of drug-likeness (QED) is 0.552. The van der Waals surface area contributed by atoms with E-state index in [1.165, 1.54) is 11.1 Å². The van der Waals surface area contributed by atoms with Crippen LogP contribution in [0, 0.1) is 6.92 Å². The van der Waals surface area contributed by atoms with Crippen LogP contribution in [0.2, 0.25) is 0 Å². The van der Waals surface area contributed by atoms with Gasteiger partial charge in [-0.15, -0.1) is 0 Å². The highest BCUT2D eigenvalue weighted by atomic mass is 15.0. The van der Waals surface area contributed by atoms with Gasteiger partial charge in [-0.1, -0.05) is 18.2 Å². The number of fused-ring (bicyclic) bond motifs is 2. The highest BCUT2D eigenvalue weighted by Crippen LogP contribution is 2.23. The molecule has 3 heteroatoms. The number of pyridine rings is 1. The fourth-order valence-electron chi connectivity index (χ4n) is 2.64. The SMILES string of the molecule is Cc1cc2cc(Nc3ccc4ccccc4n3)ccc2[nH]1. The Labute approximate surface area is 122 Å². The molecule has 102 valence electrons. The average Bonchev–Trinajstić information content (AvgIpc) is 2.86. The Balaban J connectivity index is 1.71. The van der Waals surface area contributed by atoms with Crippen LogP contribution in [-0.2, 0) is 0 Å². The summed E-state index contributed by atoms with van der Waals surface area (Å²) in [6.07, 6.45) is 0. The lowest BCUT2D eigenvalue weighted by Gasteiger charge is -2.07. The van der Waals surface area contributed by atoms with E-state index in [1.807, 2.05) is 24.3 Å². The molecule has 0 spiro atoms. The molecule has 4 aromatic rings. The first-order valence-corrected chi connectivity index (χ1v) is 7.00. The van der Waals surface area contributed by atoms with Crippen molar-refractivity contribution < 1.29 is 0 Å². The van der Waals surface area contributed by atoms with Crippen LogP contribution in [0.4, 0.5) is 11.5 Å². The summed E-state index contributed by atoms with van der Waals surface area (Å²) in [5, 5.41) is 5.73. The number of nitrogens with one attached hydrogen (secondary N) is 2. The first kappa shape index (κ1) is 12.0. The average molecular weight is 273 g/mol. The van der Waals surface area contributed by atoms with E-state index in [2.05, 4.69) is 58.6 Å². The predicted octanol–water partition coefficient (Wildman–Crippen LogP) is 4.77. The number of hydrogen-bond acceptors (Lipinski definition) is 2. The number of aromatic amines is 1. The molecule has 2 aromatic carbocycles. The van der Waals surface area contributed by atoms with E-state index in [4.69, 9.17) is 0 Å². The van der Waals surface area contributed by atoms with E-state index in [0.29, 0.717) is 0 Å². The molecule has 0 fully saturated rings. The van der Waals surface area contributed by atoms with Gasteiger partial charge in [0.1, 0.15) is 5.82 Å². The molecule has 0 aliphatic carbocycles. The lowest BCUT2D eigenvalue weighted by molar-refractivity contribution is 1.30. The van der Waals surface area contributed by atoms with Gasteiger partial charge in [-0.05, 0) is 49.4 Å². The largest absolute Gasteiger partial charge is 0.359 e. The standard InChI is InChI=1S/C18H15N3/c1-12-10-14-11-15(7-8-17(14)19-12)20-18-9-6-13-4-2-3-5-16(13)21-18/h2-11,19H,1H3,(H,20,21). The Hall–Kier alpha value is -2.81. The maximum Gasteiger partial charge on any atom is 0.131 e. The molecule has 0 aliphatic heterocycles. The van der Waals surface area contributed by atoms with E-state index < -0.39 is 0 Å². The molecule has 0 amide bonds. The summed E-state index contributed by atoms with van der Waals surface area (Å²) < 4.78 is 0. The predicted molar refractivity (Wildman–Crippen MR) is 88.1 cm³/mol. The zero-order chi connectivity index (χ0) is 14.2. The van der Waals surface area contributed by atoms with Crippen molar-refractivity contribution in [2.75, 3.05) is 5.32 Å². The summed E-state index contributed by atoms with van der Waals surface area (Å²) >= 11 is 0. The second kappa shape index (κ2) is 4.63. The van der Waals surface area contributed by atoms with Crippen molar-refractivity contribution in [2.24, 2.45) is 0 Å². The Morgan fingerprint density at radius 3 is 2.76 bits per heavy atom. The van der Waals surface area contributed by atoms with Crippen LogP contribution < -0.4 is 5.32 Å². The molecule has 0 bridgehead atoms. The van der Waals surface area contributed by atoms with Gasteiger partial charge < -0.3 is 10.3 Å². The molecule has 21 heavy (non-hydrogen) atoms. The summed E-state index contributed by atoms with van der Waals surface area (Å²) in [4.78, 5) is 7.97. The van der Waals surface area contributed by atoms with Gasteiger partial charge in [0.05, 0.1) is 5.52 Å². The first-order chi connectivity index (χ1) is 10.3. The van der Waals surface area contributed by atoms with E-state index in [0.717, 1.165) is 27.9 Å². The van der Waals surface area contributed by atoms with Gasteiger partial charge in [-0.2, -0.15) is 0 Å². The molecule has 0 unspecified atom stereocenters. The van der Waals surface area contributed by atoms with E-state index in [1.54, 1.807) is 0 Å². The van der Waals surface area contributed by atoms with E-state index >= 15 is 0 Å². The molecular formula is C18H15N3. The van der Waals surface area contributed by atoms with Gasteiger partial charge in [0.25, 0.3) is 0 Å². The van der Waals surface area contributed by atoms with E-state index in [9.17, 15) is 0 Å². The highest BCUT2D eigenvalue weighted by molar-refractivity contribution is 5.85. The van der Waals surface area contributed by atoms with Gasteiger partial charge in [0, 0.05) is 27.7 Å². The number of anilines is 2. The van der Waals surface area contributed by atoms with Crippen LogP contribution >= 0.6 is 0 Å². The van der Waals surface area contributed by atoms with Crippen LogP contribution in [-0.4, -0.2) is 9.97 Å². The Bertz CT molecular complexity index is 937. The topological polar surface area (TPSA) is 40.7 Å². The van der Waals surface area contributed by atoms with Gasteiger partial charge in [0.2, 0.25) is 0 Å². The van der Waals surface area contributed by atoms with Crippen LogP contribution in [0.25, 0.3) is 21.8 Å². The molecule has 0 saturated carbocycles. The number of hydrogen-bond donors (Lipinski definition) is 2. The van der Waals surface area contributed by atoms with Gasteiger partial charge in [-0.25, -0.2) is 4.98 Å². The third kappa shape index (κ3) is 2.23. The molecule has 0 radical (unpaired) electrons. The second-order valence-electron chi connectivity index (χ2n) is 5.27. The van der Waals surface area contributed by atoms with Crippen molar-refractivity contribution in [2.45, 2.75) is 6.92 Å². The third-order valence-electron chi connectivity index (χ3n) is 3.63. The molecule has 0 saturated heterocycles. The monoisotopic (exact) mass is 273 g/mol. The van der Waals surface area contributed by atoms with Crippen LogP contribution in [0.1, 0.15) is 5.69 Å². The zero-order valence-electron chi connectivity index (χ0n) is 11.7. The highest BCUT2D eigenvalue weighted by Gasteiger charge is 2.02. The number of H-pyrrole nitrogens is 1. The van der Waals surface area contributed by atoms with Crippen LogP contribution in [0.5, 0.6) is 0 Å². The second-order valence-corrected chi connectivity index (χ2v) is 5.27. The number of aryl methyl sites for hydroxylation is 1. The van der Waals surface area contributed by atoms with Crippen LogP contribution in [0.3, 0.4) is 0 Å². The Morgan fingerprint density at radius 1 is 0.905 bits per heavy atom. The number of nitrogens with zero attached hydrogens (tertiary/aromatic N) is 1. The summed E-state index contributed by atoms with van der Waals surface area (Å²) in [5.74, 6) is 0.861. The fourth-order valence-corrected chi connectivity index (χ4v) is 2.64. The number of para-hydroxylation sites is 1. The van der Waals surface area contributed by atoms with Crippen molar-refractivity contribution in [1.29, 1.82) is 0 Å². The lowest BCUT2D eigenvalue weighted by atomic mass is 10.2. The lowest BCUT2D eigenvalue weighted by Crippen LogP contribution is -1.93. The fraction of sp³-hybridized carbons (Fsp3) is 0.0556. The summed E-state index contributed by atoms with van der Waals surface area (Å²) in [7, 11) is 0. The van der Waals surface area contributed by atoms with Crippen molar-refractivity contribution in [1.82, 2.24) is 9.97 Å².